The van der Waals surface area contributed by atoms with Gasteiger partial charge in [-0.25, -0.2) is 0 Å². The zero-order valence-corrected chi connectivity index (χ0v) is 40.9. The highest BCUT2D eigenvalue weighted by molar-refractivity contribution is 5.80. The van der Waals surface area contributed by atoms with Gasteiger partial charge in [-0.2, -0.15) is 0 Å². The van der Waals surface area contributed by atoms with Crippen LogP contribution < -0.4 is 5.32 Å². The van der Waals surface area contributed by atoms with Crippen molar-refractivity contribution in [3.8, 4) is 0 Å². The minimum absolute atomic E-state index is 0.360. The van der Waals surface area contributed by atoms with Gasteiger partial charge in [-0.05, 0) is 64.2 Å². The molecule has 0 saturated carbocycles. The summed E-state index contributed by atoms with van der Waals surface area (Å²) in [5, 5.41) is 43.9. The molecule has 5 N–H and O–H groups in total. The minimum Gasteiger partial charge on any atom is -0.394 e. The van der Waals surface area contributed by atoms with Gasteiger partial charge in [0.1, 0.15) is 12.2 Å². The van der Waals surface area contributed by atoms with E-state index < -0.39 is 36.9 Å². The summed E-state index contributed by atoms with van der Waals surface area (Å²) < 4.78 is 0. The van der Waals surface area contributed by atoms with Crippen LogP contribution in [0.1, 0.15) is 290 Å². The lowest BCUT2D eigenvalue weighted by molar-refractivity contribution is -0.132. The number of carbonyl (C=O) groups excluding carboxylic acids is 1. The van der Waals surface area contributed by atoms with E-state index in [9.17, 15) is 25.2 Å². The van der Waals surface area contributed by atoms with Crippen LogP contribution in [-0.4, -0.2) is 57.3 Å². The SMILES string of the molecule is CCCCCCCCCCCCCC/C=C\CCCCCCCCCC(O)C(=O)NC(CO)C(O)C(O)CCC/C=C/CCCCCCCCCCCCCCCCCCC. The first-order valence-corrected chi connectivity index (χ1v) is 27.2. The number of aliphatic hydroxyl groups excluding tert-OH is 4. The summed E-state index contributed by atoms with van der Waals surface area (Å²) in [6.07, 6.45) is 59.5. The van der Waals surface area contributed by atoms with Crippen LogP contribution in [0.2, 0.25) is 0 Å². The molecule has 61 heavy (non-hydrogen) atoms. The molecule has 4 unspecified atom stereocenters. The number of rotatable bonds is 50. The maximum atomic E-state index is 12.6. The molecule has 4 atom stereocenters. The highest BCUT2D eigenvalue weighted by atomic mass is 16.3. The van der Waals surface area contributed by atoms with Gasteiger partial charge in [0, 0.05) is 0 Å². The fourth-order valence-corrected chi connectivity index (χ4v) is 8.58. The zero-order valence-electron chi connectivity index (χ0n) is 40.9. The summed E-state index contributed by atoms with van der Waals surface area (Å²) in [5.41, 5.74) is 0. The molecule has 0 aromatic heterocycles. The van der Waals surface area contributed by atoms with E-state index in [1.807, 2.05) is 0 Å². The Labute approximate surface area is 380 Å². The molecule has 0 aromatic rings. The molecule has 0 aliphatic carbocycles. The number of carbonyl (C=O) groups is 1. The smallest absolute Gasteiger partial charge is 0.249 e. The lowest BCUT2D eigenvalue weighted by atomic mass is 10.00. The fraction of sp³-hybridized carbons (Fsp3) is 0.909. The number of unbranched alkanes of at least 4 members (excludes halogenated alkanes) is 37. The number of hydrogen-bond acceptors (Lipinski definition) is 5. The summed E-state index contributed by atoms with van der Waals surface area (Å²) in [5.74, 6) is -0.593. The highest BCUT2D eigenvalue weighted by Gasteiger charge is 2.28. The standard InChI is InChI=1S/C55H107NO5/c1-3-5-7-9-11-13-15-17-19-21-23-25-27-29-31-33-35-37-39-41-43-45-47-49-53(59)55(61)56-51(50-57)54(60)52(58)48-46-44-42-40-38-36-34-32-30-28-26-24-22-20-18-16-14-12-10-8-6-4-2/h29,31,40,42,51-54,57-60H,3-28,30,32-39,41,43-50H2,1-2H3,(H,56,61)/b31-29-,42-40+. The average molecular weight is 862 g/mol. The lowest BCUT2D eigenvalue weighted by Crippen LogP contribution is -2.53. The highest BCUT2D eigenvalue weighted by Crippen LogP contribution is 2.17. The Morgan fingerprint density at radius 3 is 0.984 bits per heavy atom. The average Bonchev–Trinajstić information content (AvgIpc) is 3.26. The van der Waals surface area contributed by atoms with Gasteiger partial charge in [0.05, 0.1) is 18.8 Å². The first-order chi connectivity index (χ1) is 30.0. The second-order valence-corrected chi connectivity index (χ2v) is 18.9. The number of amides is 1. The third kappa shape index (κ3) is 43.8. The van der Waals surface area contributed by atoms with Gasteiger partial charge in [0.15, 0.2) is 0 Å². The third-order valence-electron chi connectivity index (χ3n) is 12.9. The van der Waals surface area contributed by atoms with Crippen LogP contribution in [0.5, 0.6) is 0 Å². The van der Waals surface area contributed by atoms with Crippen molar-refractivity contribution in [1.29, 1.82) is 0 Å². The number of aliphatic hydroxyl groups is 4. The topological polar surface area (TPSA) is 110 Å². The van der Waals surface area contributed by atoms with Crippen LogP contribution in [0.3, 0.4) is 0 Å². The van der Waals surface area contributed by atoms with Crippen molar-refractivity contribution in [2.75, 3.05) is 6.61 Å². The molecule has 0 radical (unpaired) electrons. The molecule has 0 rings (SSSR count). The van der Waals surface area contributed by atoms with Gasteiger partial charge in [-0.1, -0.05) is 250 Å². The molecule has 362 valence electrons. The van der Waals surface area contributed by atoms with E-state index >= 15 is 0 Å². The molecule has 0 aliphatic rings. The van der Waals surface area contributed by atoms with E-state index in [1.165, 1.54) is 225 Å². The molecular formula is C55H107NO5. The van der Waals surface area contributed by atoms with E-state index in [2.05, 4.69) is 43.5 Å². The molecule has 6 nitrogen and oxygen atoms in total. The summed E-state index contributed by atoms with van der Waals surface area (Å²) in [4.78, 5) is 12.6. The molecular weight excluding hydrogens is 755 g/mol. The monoisotopic (exact) mass is 862 g/mol. The quantitative estimate of drug-likeness (QED) is 0.0309. The Hall–Kier alpha value is -1.21. The molecule has 0 aromatic carbocycles. The molecule has 0 bridgehead atoms. The molecule has 0 fully saturated rings. The lowest BCUT2D eigenvalue weighted by Gasteiger charge is -2.27. The largest absolute Gasteiger partial charge is 0.394 e. The number of nitrogens with one attached hydrogen (secondary N) is 1. The predicted octanol–water partition coefficient (Wildman–Crippen LogP) is 15.5. The van der Waals surface area contributed by atoms with Crippen LogP contribution in [0, 0.1) is 0 Å². The van der Waals surface area contributed by atoms with Gasteiger partial charge in [0.2, 0.25) is 5.91 Å². The number of allylic oxidation sites excluding steroid dienone is 4. The Balaban J connectivity index is 3.68. The normalized spacial score (nSPS) is 14.0. The van der Waals surface area contributed by atoms with Crippen LogP contribution in [0.15, 0.2) is 24.3 Å². The molecule has 0 heterocycles. The fourth-order valence-electron chi connectivity index (χ4n) is 8.58. The van der Waals surface area contributed by atoms with Crippen molar-refractivity contribution >= 4 is 5.91 Å². The summed E-state index contributed by atoms with van der Waals surface area (Å²) >= 11 is 0. The van der Waals surface area contributed by atoms with E-state index in [1.54, 1.807) is 0 Å². The maximum Gasteiger partial charge on any atom is 0.249 e. The van der Waals surface area contributed by atoms with Crippen molar-refractivity contribution < 1.29 is 25.2 Å². The van der Waals surface area contributed by atoms with Crippen LogP contribution in [0.25, 0.3) is 0 Å². The molecule has 1 amide bonds. The molecule has 0 aliphatic heterocycles. The first-order valence-electron chi connectivity index (χ1n) is 27.2. The maximum absolute atomic E-state index is 12.6. The van der Waals surface area contributed by atoms with E-state index in [0.29, 0.717) is 12.8 Å². The van der Waals surface area contributed by atoms with Gasteiger partial charge >= 0.3 is 0 Å². The summed E-state index contributed by atoms with van der Waals surface area (Å²) in [6, 6.07) is -1.00. The molecule has 0 spiro atoms. The van der Waals surface area contributed by atoms with E-state index in [4.69, 9.17) is 0 Å². The van der Waals surface area contributed by atoms with Gasteiger partial charge in [0.25, 0.3) is 0 Å². The molecule has 6 heteroatoms. The van der Waals surface area contributed by atoms with Gasteiger partial charge < -0.3 is 25.7 Å². The predicted molar refractivity (Wildman–Crippen MR) is 265 cm³/mol. The van der Waals surface area contributed by atoms with Crippen molar-refractivity contribution in [2.24, 2.45) is 0 Å². The summed E-state index contributed by atoms with van der Waals surface area (Å²) in [6.45, 7) is 4.07. The van der Waals surface area contributed by atoms with Crippen molar-refractivity contribution in [3.05, 3.63) is 24.3 Å². The zero-order chi connectivity index (χ0) is 44.5. The van der Waals surface area contributed by atoms with E-state index in [0.717, 1.165) is 38.5 Å². The third-order valence-corrected chi connectivity index (χ3v) is 12.9. The van der Waals surface area contributed by atoms with Gasteiger partial charge in [-0.3, -0.25) is 4.79 Å². The van der Waals surface area contributed by atoms with Crippen LogP contribution in [0.4, 0.5) is 0 Å². The Morgan fingerprint density at radius 1 is 0.393 bits per heavy atom. The Kier molecular flexibility index (Phi) is 48.8. The van der Waals surface area contributed by atoms with Crippen LogP contribution in [-0.2, 0) is 4.79 Å². The van der Waals surface area contributed by atoms with Crippen molar-refractivity contribution in [1.82, 2.24) is 5.32 Å². The summed E-state index contributed by atoms with van der Waals surface area (Å²) in [7, 11) is 0. The minimum atomic E-state index is -1.28. The molecule has 0 saturated heterocycles. The Morgan fingerprint density at radius 2 is 0.672 bits per heavy atom. The van der Waals surface area contributed by atoms with Crippen LogP contribution >= 0.6 is 0 Å². The Bertz CT molecular complexity index is 924. The second-order valence-electron chi connectivity index (χ2n) is 18.9. The van der Waals surface area contributed by atoms with Crippen molar-refractivity contribution in [3.63, 3.8) is 0 Å². The number of hydrogen-bond donors (Lipinski definition) is 5. The van der Waals surface area contributed by atoms with Crippen molar-refractivity contribution in [2.45, 2.75) is 314 Å². The second kappa shape index (κ2) is 49.8. The first kappa shape index (κ1) is 59.8. The van der Waals surface area contributed by atoms with Gasteiger partial charge in [-0.15, -0.1) is 0 Å². The van der Waals surface area contributed by atoms with E-state index in [-0.39, 0.29) is 0 Å².